The van der Waals surface area contributed by atoms with Gasteiger partial charge in [-0.05, 0) is 65.5 Å². The SMILES string of the molecule is CN(C)CCCC(C)(C)NC(=O)c1ccc(C#N)cc1O. The molecule has 5 nitrogen and oxygen atoms in total. The van der Waals surface area contributed by atoms with Crippen molar-refractivity contribution in [3.63, 3.8) is 0 Å². The number of amides is 1. The molecule has 0 aliphatic rings. The average Bonchev–Trinajstić information content (AvgIpc) is 2.36. The molecule has 5 heteroatoms. The van der Waals surface area contributed by atoms with Crippen molar-refractivity contribution >= 4 is 5.91 Å². The van der Waals surface area contributed by atoms with Crippen molar-refractivity contribution in [2.75, 3.05) is 20.6 Å². The van der Waals surface area contributed by atoms with E-state index in [0.717, 1.165) is 19.4 Å². The fourth-order valence-corrected chi connectivity index (χ4v) is 2.07. The number of hydrogen-bond acceptors (Lipinski definition) is 4. The Morgan fingerprint density at radius 2 is 2.10 bits per heavy atom. The van der Waals surface area contributed by atoms with Crippen molar-refractivity contribution in [3.05, 3.63) is 29.3 Å². The monoisotopic (exact) mass is 289 g/mol. The van der Waals surface area contributed by atoms with Crippen molar-refractivity contribution < 1.29 is 9.90 Å². The molecule has 0 heterocycles. The molecule has 0 aliphatic heterocycles. The van der Waals surface area contributed by atoms with Crippen LogP contribution in [0.2, 0.25) is 0 Å². The number of aromatic hydroxyl groups is 1. The summed E-state index contributed by atoms with van der Waals surface area (Å²) in [5, 5.41) is 21.5. The number of phenols is 1. The summed E-state index contributed by atoms with van der Waals surface area (Å²) >= 11 is 0. The Morgan fingerprint density at radius 1 is 1.43 bits per heavy atom. The lowest BCUT2D eigenvalue weighted by molar-refractivity contribution is 0.0904. The predicted molar refractivity (Wildman–Crippen MR) is 82.2 cm³/mol. The minimum Gasteiger partial charge on any atom is -0.507 e. The molecule has 2 N–H and O–H groups in total. The number of phenolic OH excluding ortho intramolecular Hbond substituents is 1. The topological polar surface area (TPSA) is 76.4 Å². The first-order valence-electron chi connectivity index (χ1n) is 6.95. The third-order valence-electron chi connectivity index (χ3n) is 3.23. The maximum Gasteiger partial charge on any atom is 0.255 e. The van der Waals surface area contributed by atoms with Gasteiger partial charge in [-0.1, -0.05) is 0 Å². The van der Waals surface area contributed by atoms with Crippen LogP contribution >= 0.6 is 0 Å². The van der Waals surface area contributed by atoms with Gasteiger partial charge in [-0.3, -0.25) is 4.79 Å². The standard InChI is InChI=1S/C16H23N3O2/c1-16(2,8-5-9-19(3)4)18-15(21)13-7-6-12(11-17)10-14(13)20/h6-7,10,20H,5,8-9H2,1-4H3,(H,18,21). The Morgan fingerprint density at radius 3 is 2.62 bits per heavy atom. The molecule has 0 aromatic heterocycles. The average molecular weight is 289 g/mol. The number of benzene rings is 1. The third-order valence-corrected chi connectivity index (χ3v) is 3.23. The molecule has 1 aromatic rings. The Bertz CT molecular complexity index is 545. The maximum atomic E-state index is 12.2. The van der Waals surface area contributed by atoms with Gasteiger partial charge >= 0.3 is 0 Å². The maximum absolute atomic E-state index is 12.2. The van der Waals surface area contributed by atoms with E-state index in [2.05, 4.69) is 10.2 Å². The quantitative estimate of drug-likeness (QED) is 0.841. The van der Waals surface area contributed by atoms with E-state index in [9.17, 15) is 9.90 Å². The number of carbonyl (C=O) groups excluding carboxylic acids is 1. The van der Waals surface area contributed by atoms with Crippen LogP contribution in [0.4, 0.5) is 0 Å². The number of nitrogens with zero attached hydrogens (tertiary/aromatic N) is 2. The van der Waals surface area contributed by atoms with E-state index in [4.69, 9.17) is 5.26 Å². The first-order chi connectivity index (χ1) is 9.75. The van der Waals surface area contributed by atoms with Gasteiger partial charge in [0.2, 0.25) is 0 Å². The molecule has 0 fully saturated rings. The van der Waals surface area contributed by atoms with Gasteiger partial charge in [0, 0.05) is 5.54 Å². The summed E-state index contributed by atoms with van der Waals surface area (Å²) in [4.78, 5) is 14.3. The Balaban J connectivity index is 2.69. The predicted octanol–water partition coefficient (Wildman–Crippen LogP) is 2.11. The molecule has 0 saturated carbocycles. The normalized spacial score (nSPS) is 11.2. The van der Waals surface area contributed by atoms with Crippen molar-refractivity contribution in [1.29, 1.82) is 5.26 Å². The molecule has 0 saturated heterocycles. The molecule has 0 atom stereocenters. The lowest BCUT2D eigenvalue weighted by Crippen LogP contribution is -2.43. The molecule has 0 radical (unpaired) electrons. The zero-order valence-electron chi connectivity index (χ0n) is 13.1. The fraction of sp³-hybridized carbons (Fsp3) is 0.500. The molecule has 0 bridgehead atoms. The largest absolute Gasteiger partial charge is 0.507 e. The molecule has 1 rings (SSSR count). The van der Waals surface area contributed by atoms with Crippen LogP contribution in [0.15, 0.2) is 18.2 Å². The first kappa shape index (κ1) is 17.0. The molecule has 0 unspecified atom stereocenters. The Kier molecular flexibility index (Phi) is 5.74. The van der Waals surface area contributed by atoms with Gasteiger partial charge in [0.25, 0.3) is 5.91 Å². The number of hydrogen-bond donors (Lipinski definition) is 2. The second kappa shape index (κ2) is 7.09. The molecule has 114 valence electrons. The zero-order valence-corrected chi connectivity index (χ0v) is 13.1. The molecular formula is C16H23N3O2. The fourth-order valence-electron chi connectivity index (χ4n) is 2.07. The van der Waals surface area contributed by atoms with Crippen molar-refractivity contribution in [2.45, 2.75) is 32.2 Å². The van der Waals surface area contributed by atoms with Gasteiger partial charge in [0.1, 0.15) is 5.75 Å². The summed E-state index contributed by atoms with van der Waals surface area (Å²) in [6, 6.07) is 6.22. The van der Waals surface area contributed by atoms with Crippen molar-refractivity contribution in [2.24, 2.45) is 0 Å². The first-order valence-corrected chi connectivity index (χ1v) is 6.95. The van der Waals surface area contributed by atoms with Crippen LogP contribution in [-0.4, -0.2) is 42.1 Å². The molecule has 0 aliphatic carbocycles. The lowest BCUT2D eigenvalue weighted by Gasteiger charge is -2.27. The lowest BCUT2D eigenvalue weighted by atomic mass is 9.97. The van der Waals surface area contributed by atoms with E-state index in [0.29, 0.717) is 5.56 Å². The van der Waals surface area contributed by atoms with Gasteiger partial charge in [-0.15, -0.1) is 0 Å². The van der Waals surface area contributed by atoms with Crippen LogP contribution in [0.25, 0.3) is 0 Å². The van der Waals surface area contributed by atoms with E-state index in [-0.39, 0.29) is 22.8 Å². The Labute approximate surface area is 126 Å². The highest BCUT2D eigenvalue weighted by molar-refractivity contribution is 5.97. The highest BCUT2D eigenvalue weighted by Crippen LogP contribution is 2.20. The molecule has 1 amide bonds. The van der Waals surface area contributed by atoms with Crippen LogP contribution in [0.3, 0.4) is 0 Å². The van der Waals surface area contributed by atoms with E-state index in [1.165, 1.54) is 18.2 Å². The van der Waals surface area contributed by atoms with E-state index in [1.54, 1.807) is 0 Å². The summed E-state index contributed by atoms with van der Waals surface area (Å²) in [6.07, 6.45) is 1.81. The number of nitrogens with one attached hydrogen (secondary N) is 1. The summed E-state index contributed by atoms with van der Waals surface area (Å²) < 4.78 is 0. The highest BCUT2D eigenvalue weighted by atomic mass is 16.3. The molecular weight excluding hydrogens is 266 g/mol. The van der Waals surface area contributed by atoms with Crippen LogP contribution in [0.1, 0.15) is 42.6 Å². The smallest absolute Gasteiger partial charge is 0.255 e. The number of rotatable bonds is 6. The summed E-state index contributed by atoms with van der Waals surface area (Å²) in [5.41, 5.74) is 0.164. The molecule has 1 aromatic carbocycles. The minimum absolute atomic E-state index is 0.171. The van der Waals surface area contributed by atoms with Crippen LogP contribution in [0.5, 0.6) is 5.75 Å². The van der Waals surface area contributed by atoms with Gasteiger partial charge in [-0.25, -0.2) is 0 Å². The van der Waals surface area contributed by atoms with Crippen molar-refractivity contribution in [3.8, 4) is 11.8 Å². The second-order valence-electron chi connectivity index (χ2n) is 6.09. The van der Waals surface area contributed by atoms with Gasteiger partial charge in [0.05, 0.1) is 17.2 Å². The summed E-state index contributed by atoms with van der Waals surface area (Å²) in [5.74, 6) is -0.498. The van der Waals surface area contributed by atoms with Crippen LogP contribution in [-0.2, 0) is 0 Å². The summed E-state index contributed by atoms with van der Waals surface area (Å²) in [7, 11) is 4.03. The van der Waals surface area contributed by atoms with Gasteiger partial charge < -0.3 is 15.3 Å². The van der Waals surface area contributed by atoms with Crippen LogP contribution in [0, 0.1) is 11.3 Å². The van der Waals surface area contributed by atoms with E-state index >= 15 is 0 Å². The minimum atomic E-state index is -0.354. The Hall–Kier alpha value is -2.06. The van der Waals surface area contributed by atoms with E-state index in [1.807, 2.05) is 34.0 Å². The number of carbonyl (C=O) groups is 1. The van der Waals surface area contributed by atoms with Gasteiger partial charge in [0.15, 0.2) is 0 Å². The highest BCUT2D eigenvalue weighted by Gasteiger charge is 2.22. The molecule has 21 heavy (non-hydrogen) atoms. The number of nitriles is 1. The molecule has 0 spiro atoms. The second-order valence-corrected chi connectivity index (χ2v) is 6.09. The van der Waals surface area contributed by atoms with Crippen molar-refractivity contribution in [1.82, 2.24) is 10.2 Å². The summed E-state index contributed by atoms with van der Waals surface area (Å²) in [6.45, 7) is 4.88. The zero-order chi connectivity index (χ0) is 16.0. The van der Waals surface area contributed by atoms with Gasteiger partial charge in [-0.2, -0.15) is 5.26 Å². The third kappa shape index (κ3) is 5.44. The van der Waals surface area contributed by atoms with E-state index < -0.39 is 0 Å². The van der Waals surface area contributed by atoms with Crippen LogP contribution < -0.4 is 5.32 Å².